The van der Waals surface area contributed by atoms with Gasteiger partial charge in [-0.2, -0.15) is 0 Å². The lowest BCUT2D eigenvalue weighted by molar-refractivity contribution is -0.123. The Morgan fingerprint density at radius 1 is 1.13 bits per heavy atom. The highest BCUT2D eigenvalue weighted by molar-refractivity contribution is 5.78. The van der Waals surface area contributed by atoms with Gasteiger partial charge in [0.15, 0.2) is 6.61 Å². The largest absolute Gasteiger partial charge is 0.483 e. The van der Waals surface area contributed by atoms with E-state index < -0.39 is 0 Å². The molecule has 2 aromatic carbocycles. The average Bonchev–Trinajstić information content (AvgIpc) is 2.55. The molecule has 1 N–H and O–H groups in total. The van der Waals surface area contributed by atoms with E-state index in [1.54, 1.807) is 0 Å². The van der Waals surface area contributed by atoms with Crippen LogP contribution in [0.1, 0.15) is 42.1 Å². The molecule has 0 radical (unpaired) electrons. The highest BCUT2D eigenvalue weighted by Crippen LogP contribution is 2.19. The summed E-state index contributed by atoms with van der Waals surface area (Å²) in [6.45, 7) is 8.13. The summed E-state index contributed by atoms with van der Waals surface area (Å²) in [5.74, 6) is 0.651. The first-order valence-corrected chi connectivity index (χ1v) is 8.08. The number of carbonyl (C=O) groups is 1. The molecule has 0 bridgehead atoms. The third-order valence-corrected chi connectivity index (χ3v) is 3.97. The van der Waals surface area contributed by atoms with Crippen molar-refractivity contribution in [1.82, 2.24) is 5.32 Å². The van der Waals surface area contributed by atoms with Crippen molar-refractivity contribution in [2.75, 3.05) is 6.61 Å². The zero-order chi connectivity index (χ0) is 16.8. The van der Waals surface area contributed by atoms with Gasteiger partial charge in [0.05, 0.1) is 6.04 Å². The molecule has 0 unspecified atom stereocenters. The van der Waals surface area contributed by atoms with Crippen LogP contribution in [0, 0.1) is 13.8 Å². The van der Waals surface area contributed by atoms with Crippen molar-refractivity contribution in [3.63, 3.8) is 0 Å². The van der Waals surface area contributed by atoms with Crippen molar-refractivity contribution in [3.8, 4) is 5.75 Å². The lowest BCUT2D eigenvalue weighted by Gasteiger charge is -2.16. The Bertz CT molecular complexity index is 662. The summed E-state index contributed by atoms with van der Waals surface area (Å²) in [6.07, 6.45) is 1.02. The summed E-state index contributed by atoms with van der Waals surface area (Å²) in [4.78, 5) is 12.1. The molecule has 0 saturated heterocycles. The topological polar surface area (TPSA) is 38.3 Å². The van der Waals surface area contributed by atoms with Crippen LogP contribution in [0.3, 0.4) is 0 Å². The standard InChI is InChI=1S/C20H25NO2/c1-5-17-8-10-18(11-9-17)16(4)21-20(22)13-23-19-12-14(2)6-7-15(19)3/h6-12,16H,5,13H2,1-4H3,(H,21,22)/t16-/m0/s1. The number of hydrogen-bond acceptors (Lipinski definition) is 2. The fourth-order valence-corrected chi connectivity index (χ4v) is 2.41. The summed E-state index contributed by atoms with van der Waals surface area (Å²) in [6, 6.07) is 14.3. The number of ether oxygens (including phenoxy) is 1. The van der Waals surface area contributed by atoms with Gasteiger partial charge in [-0.25, -0.2) is 0 Å². The van der Waals surface area contributed by atoms with E-state index in [1.807, 2.05) is 39.0 Å². The number of nitrogens with one attached hydrogen (secondary N) is 1. The number of hydrogen-bond donors (Lipinski definition) is 1. The molecule has 0 aliphatic heterocycles. The van der Waals surface area contributed by atoms with Gasteiger partial charge in [0.1, 0.15) is 5.75 Å². The van der Waals surface area contributed by atoms with Gasteiger partial charge < -0.3 is 10.1 Å². The van der Waals surface area contributed by atoms with Crippen LogP contribution in [0.4, 0.5) is 0 Å². The summed E-state index contributed by atoms with van der Waals surface area (Å²) in [5.41, 5.74) is 4.55. The minimum absolute atomic E-state index is 0.0294. The van der Waals surface area contributed by atoms with E-state index in [-0.39, 0.29) is 18.6 Å². The van der Waals surface area contributed by atoms with Gasteiger partial charge >= 0.3 is 0 Å². The third-order valence-electron chi connectivity index (χ3n) is 3.97. The van der Waals surface area contributed by atoms with Crippen molar-refractivity contribution in [3.05, 3.63) is 64.7 Å². The van der Waals surface area contributed by atoms with Gasteiger partial charge in [-0.3, -0.25) is 4.79 Å². The van der Waals surface area contributed by atoms with Crippen LogP contribution < -0.4 is 10.1 Å². The zero-order valence-electron chi connectivity index (χ0n) is 14.3. The third kappa shape index (κ3) is 4.85. The van der Waals surface area contributed by atoms with Gasteiger partial charge in [-0.05, 0) is 55.5 Å². The van der Waals surface area contributed by atoms with Crippen LogP contribution in [-0.4, -0.2) is 12.5 Å². The predicted molar refractivity (Wildman–Crippen MR) is 93.8 cm³/mol. The van der Waals surface area contributed by atoms with E-state index in [1.165, 1.54) is 5.56 Å². The Morgan fingerprint density at radius 3 is 2.48 bits per heavy atom. The van der Waals surface area contributed by atoms with Gasteiger partial charge in [0.25, 0.3) is 5.91 Å². The van der Waals surface area contributed by atoms with E-state index >= 15 is 0 Å². The maximum atomic E-state index is 12.1. The Morgan fingerprint density at radius 2 is 1.83 bits per heavy atom. The summed E-state index contributed by atoms with van der Waals surface area (Å²) in [5, 5.41) is 2.97. The highest BCUT2D eigenvalue weighted by Gasteiger charge is 2.11. The molecule has 0 spiro atoms. The molecule has 2 aromatic rings. The van der Waals surface area contributed by atoms with Gasteiger partial charge in [0, 0.05) is 0 Å². The predicted octanol–water partition coefficient (Wildman–Crippen LogP) is 4.12. The Kier molecular flexibility index (Phi) is 5.80. The van der Waals surface area contributed by atoms with Gasteiger partial charge in [-0.1, -0.05) is 43.3 Å². The molecule has 0 fully saturated rings. The Labute approximate surface area is 138 Å². The van der Waals surface area contributed by atoms with Gasteiger partial charge in [-0.15, -0.1) is 0 Å². The van der Waals surface area contributed by atoms with Crippen LogP contribution in [0.15, 0.2) is 42.5 Å². The van der Waals surface area contributed by atoms with E-state index in [0.717, 1.165) is 28.9 Å². The fourth-order valence-electron chi connectivity index (χ4n) is 2.41. The molecular formula is C20H25NO2. The molecule has 0 aliphatic rings. The maximum absolute atomic E-state index is 12.1. The van der Waals surface area contributed by atoms with E-state index in [2.05, 4.69) is 36.5 Å². The molecule has 0 heterocycles. The van der Waals surface area contributed by atoms with Crippen molar-refractivity contribution in [2.24, 2.45) is 0 Å². The summed E-state index contributed by atoms with van der Waals surface area (Å²) in [7, 11) is 0. The first-order chi connectivity index (χ1) is 11.0. The van der Waals surface area contributed by atoms with Gasteiger partial charge in [0.2, 0.25) is 0 Å². The number of benzene rings is 2. The Balaban J connectivity index is 1.89. The minimum Gasteiger partial charge on any atom is -0.483 e. The highest BCUT2D eigenvalue weighted by atomic mass is 16.5. The Hall–Kier alpha value is -2.29. The molecule has 3 heteroatoms. The van der Waals surface area contributed by atoms with Crippen molar-refractivity contribution >= 4 is 5.91 Å². The number of amides is 1. The monoisotopic (exact) mass is 311 g/mol. The second-order valence-electron chi connectivity index (χ2n) is 5.94. The fraction of sp³-hybridized carbons (Fsp3) is 0.350. The molecule has 0 aliphatic carbocycles. The van der Waals surface area contributed by atoms with E-state index in [0.29, 0.717) is 0 Å². The quantitative estimate of drug-likeness (QED) is 0.871. The second kappa shape index (κ2) is 7.82. The molecule has 23 heavy (non-hydrogen) atoms. The lowest BCUT2D eigenvalue weighted by Crippen LogP contribution is -2.31. The molecule has 1 amide bonds. The second-order valence-corrected chi connectivity index (χ2v) is 5.94. The first-order valence-electron chi connectivity index (χ1n) is 8.08. The molecule has 1 atom stereocenters. The van der Waals surface area contributed by atoms with Crippen LogP contribution in [0.25, 0.3) is 0 Å². The van der Waals surface area contributed by atoms with Crippen LogP contribution >= 0.6 is 0 Å². The van der Waals surface area contributed by atoms with E-state index in [4.69, 9.17) is 4.74 Å². The van der Waals surface area contributed by atoms with Crippen LogP contribution in [-0.2, 0) is 11.2 Å². The molecule has 0 saturated carbocycles. The first kappa shape index (κ1) is 17.1. The number of aryl methyl sites for hydroxylation is 3. The van der Waals surface area contributed by atoms with Crippen molar-refractivity contribution < 1.29 is 9.53 Å². The minimum atomic E-state index is -0.113. The average molecular weight is 311 g/mol. The SMILES string of the molecule is CCc1ccc([C@H](C)NC(=O)COc2cc(C)ccc2C)cc1. The van der Waals surface area contributed by atoms with Crippen molar-refractivity contribution in [2.45, 2.75) is 40.2 Å². The van der Waals surface area contributed by atoms with Crippen LogP contribution in [0.5, 0.6) is 5.75 Å². The smallest absolute Gasteiger partial charge is 0.258 e. The van der Waals surface area contributed by atoms with Crippen molar-refractivity contribution in [1.29, 1.82) is 0 Å². The normalized spacial score (nSPS) is 11.8. The molecule has 0 aromatic heterocycles. The summed E-state index contributed by atoms with van der Waals surface area (Å²) >= 11 is 0. The van der Waals surface area contributed by atoms with Crippen LogP contribution in [0.2, 0.25) is 0 Å². The molecule has 2 rings (SSSR count). The molecule has 122 valence electrons. The number of rotatable bonds is 6. The zero-order valence-corrected chi connectivity index (χ0v) is 14.3. The van der Waals surface area contributed by atoms with E-state index in [9.17, 15) is 4.79 Å². The lowest BCUT2D eigenvalue weighted by atomic mass is 10.1. The molecular weight excluding hydrogens is 286 g/mol. The number of carbonyl (C=O) groups excluding carboxylic acids is 1. The maximum Gasteiger partial charge on any atom is 0.258 e. The summed E-state index contributed by atoms with van der Waals surface area (Å²) < 4.78 is 5.64. The molecule has 3 nitrogen and oxygen atoms in total.